The van der Waals surface area contributed by atoms with Gasteiger partial charge in [-0.2, -0.15) is 0 Å². The summed E-state index contributed by atoms with van der Waals surface area (Å²) in [6, 6.07) is 1.49. The van der Waals surface area contributed by atoms with Crippen LogP contribution < -0.4 is 5.32 Å². The minimum Gasteiger partial charge on any atom is -0.311 e. The molecule has 14 heavy (non-hydrogen) atoms. The molecule has 84 valence electrons. The predicted molar refractivity (Wildman–Crippen MR) is 63.5 cm³/mol. The second-order valence-electron chi connectivity index (χ2n) is 5.81. The molecule has 0 aromatic heterocycles. The minimum atomic E-state index is 0.571. The van der Waals surface area contributed by atoms with Crippen LogP contribution in [0.2, 0.25) is 0 Å². The molecule has 0 aliphatic heterocycles. The standard InChI is InChI=1S/C13H27N/c1-5-7-11(2)14-12-8-6-9-13(3,4)10-12/h11-12,14H,5-10H2,1-4H3. The molecule has 1 rings (SSSR count). The van der Waals surface area contributed by atoms with Gasteiger partial charge in [0.05, 0.1) is 0 Å². The zero-order chi connectivity index (χ0) is 10.6. The Morgan fingerprint density at radius 3 is 2.71 bits per heavy atom. The lowest BCUT2D eigenvalue weighted by atomic mass is 9.75. The van der Waals surface area contributed by atoms with Crippen molar-refractivity contribution in [2.75, 3.05) is 0 Å². The Labute approximate surface area is 89.7 Å². The summed E-state index contributed by atoms with van der Waals surface area (Å²) in [7, 11) is 0. The molecule has 0 bridgehead atoms. The van der Waals surface area contributed by atoms with E-state index in [9.17, 15) is 0 Å². The highest BCUT2D eigenvalue weighted by Gasteiger charge is 2.28. The molecule has 1 aliphatic rings. The summed E-state index contributed by atoms with van der Waals surface area (Å²) in [6.07, 6.45) is 8.18. The fourth-order valence-corrected chi connectivity index (χ4v) is 2.76. The Morgan fingerprint density at radius 2 is 2.14 bits per heavy atom. The Bertz CT molecular complexity index is 163. The summed E-state index contributed by atoms with van der Waals surface area (Å²) in [6.45, 7) is 9.41. The van der Waals surface area contributed by atoms with E-state index in [-0.39, 0.29) is 0 Å². The van der Waals surface area contributed by atoms with Gasteiger partial charge in [-0.3, -0.25) is 0 Å². The van der Waals surface area contributed by atoms with Crippen LogP contribution in [0.3, 0.4) is 0 Å². The van der Waals surface area contributed by atoms with Crippen molar-refractivity contribution in [2.24, 2.45) is 5.41 Å². The molecule has 0 saturated heterocycles. The number of nitrogens with one attached hydrogen (secondary N) is 1. The third-order valence-corrected chi connectivity index (χ3v) is 3.45. The Morgan fingerprint density at radius 1 is 1.43 bits per heavy atom. The van der Waals surface area contributed by atoms with Gasteiger partial charge in [0.1, 0.15) is 0 Å². The van der Waals surface area contributed by atoms with Gasteiger partial charge in [-0.15, -0.1) is 0 Å². The molecule has 0 aromatic rings. The summed E-state index contributed by atoms with van der Waals surface area (Å²) in [5.74, 6) is 0. The van der Waals surface area contributed by atoms with E-state index >= 15 is 0 Å². The third-order valence-electron chi connectivity index (χ3n) is 3.45. The van der Waals surface area contributed by atoms with Gasteiger partial charge in [0, 0.05) is 12.1 Å². The van der Waals surface area contributed by atoms with Gasteiger partial charge < -0.3 is 5.32 Å². The van der Waals surface area contributed by atoms with Crippen molar-refractivity contribution < 1.29 is 0 Å². The number of hydrogen-bond donors (Lipinski definition) is 1. The van der Waals surface area contributed by atoms with E-state index in [1.165, 1.54) is 38.5 Å². The summed E-state index contributed by atoms with van der Waals surface area (Å²) in [5, 5.41) is 3.78. The first-order valence-corrected chi connectivity index (χ1v) is 6.29. The highest BCUT2D eigenvalue weighted by Crippen LogP contribution is 2.35. The summed E-state index contributed by atoms with van der Waals surface area (Å²) >= 11 is 0. The lowest BCUT2D eigenvalue weighted by Crippen LogP contribution is -2.41. The van der Waals surface area contributed by atoms with Crippen LogP contribution in [0.15, 0.2) is 0 Å². The van der Waals surface area contributed by atoms with Crippen molar-refractivity contribution in [2.45, 2.75) is 78.3 Å². The molecule has 2 unspecified atom stereocenters. The zero-order valence-electron chi connectivity index (χ0n) is 10.4. The fraction of sp³-hybridized carbons (Fsp3) is 1.00. The Balaban J connectivity index is 2.30. The second kappa shape index (κ2) is 5.16. The molecule has 1 fully saturated rings. The van der Waals surface area contributed by atoms with Crippen LogP contribution >= 0.6 is 0 Å². The molecule has 0 spiro atoms. The molecular formula is C13H27N. The van der Waals surface area contributed by atoms with Gasteiger partial charge in [-0.1, -0.05) is 33.6 Å². The van der Waals surface area contributed by atoms with Crippen molar-refractivity contribution in [3.05, 3.63) is 0 Å². The van der Waals surface area contributed by atoms with E-state index in [2.05, 4.69) is 33.0 Å². The molecule has 1 nitrogen and oxygen atoms in total. The first-order chi connectivity index (χ1) is 6.53. The van der Waals surface area contributed by atoms with Gasteiger partial charge >= 0.3 is 0 Å². The summed E-state index contributed by atoms with van der Waals surface area (Å²) in [5.41, 5.74) is 0.571. The van der Waals surface area contributed by atoms with Gasteiger partial charge in [0.25, 0.3) is 0 Å². The minimum absolute atomic E-state index is 0.571. The summed E-state index contributed by atoms with van der Waals surface area (Å²) in [4.78, 5) is 0. The highest BCUT2D eigenvalue weighted by molar-refractivity contribution is 4.84. The largest absolute Gasteiger partial charge is 0.311 e. The van der Waals surface area contributed by atoms with Crippen molar-refractivity contribution >= 4 is 0 Å². The maximum absolute atomic E-state index is 3.78. The van der Waals surface area contributed by atoms with Crippen LogP contribution in [0.5, 0.6) is 0 Å². The quantitative estimate of drug-likeness (QED) is 0.724. The fourth-order valence-electron chi connectivity index (χ4n) is 2.76. The molecule has 0 aromatic carbocycles. The number of rotatable bonds is 4. The molecular weight excluding hydrogens is 170 g/mol. The van der Waals surface area contributed by atoms with E-state index < -0.39 is 0 Å². The third kappa shape index (κ3) is 4.00. The average Bonchev–Trinajstić information content (AvgIpc) is 2.02. The van der Waals surface area contributed by atoms with E-state index in [4.69, 9.17) is 0 Å². The van der Waals surface area contributed by atoms with Gasteiger partial charge in [0.15, 0.2) is 0 Å². The molecule has 1 saturated carbocycles. The van der Waals surface area contributed by atoms with Gasteiger partial charge in [-0.05, 0) is 38.0 Å². The zero-order valence-corrected chi connectivity index (χ0v) is 10.4. The highest BCUT2D eigenvalue weighted by atomic mass is 14.9. The van der Waals surface area contributed by atoms with Crippen molar-refractivity contribution in [3.63, 3.8) is 0 Å². The van der Waals surface area contributed by atoms with Crippen LogP contribution in [0.25, 0.3) is 0 Å². The molecule has 0 heterocycles. The smallest absolute Gasteiger partial charge is 0.00746 e. The first kappa shape index (κ1) is 12.0. The lowest BCUT2D eigenvalue weighted by molar-refractivity contribution is 0.189. The van der Waals surface area contributed by atoms with Crippen molar-refractivity contribution in [1.82, 2.24) is 5.32 Å². The van der Waals surface area contributed by atoms with E-state index in [0.29, 0.717) is 11.5 Å². The van der Waals surface area contributed by atoms with E-state index in [1.54, 1.807) is 0 Å². The molecule has 0 radical (unpaired) electrons. The van der Waals surface area contributed by atoms with Crippen LogP contribution in [-0.2, 0) is 0 Å². The van der Waals surface area contributed by atoms with Crippen molar-refractivity contribution in [3.8, 4) is 0 Å². The van der Waals surface area contributed by atoms with Crippen LogP contribution in [-0.4, -0.2) is 12.1 Å². The second-order valence-corrected chi connectivity index (χ2v) is 5.81. The SMILES string of the molecule is CCCC(C)NC1CCCC(C)(C)C1. The topological polar surface area (TPSA) is 12.0 Å². The maximum atomic E-state index is 3.78. The lowest BCUT2D eigenvalue weighted by Gasteiger charge is -2.37. The van der Waals surface area contributed by atoms with Crippen LogP contribution in [0.4, 0.5) is 0 Å². The summed E-state index contributed by atoms with van der Waals surface area (Å²) < 4.78 is 0. The number of hydrogen-bond acceptors (Lipinski definition) is 1. The molecule has 0 amide bonds. The Hall–Kier alpha value is -0.0400. The predicted octanol–water partition coefficient (Wildman–Crippen LogP) is 3.73. The molecule has 1 heteroatoms. The maximum Gasteiger partial charge on any atom is 0.00746 e. The van der Waals surface area contributed by atoms with Gasteiger partial charge in [-0.25, -0.2) is 0 Å². The van der Waals surface area contributed by atoms with Crippen molar-refractivity contribution in [1.29, 1.82) is 0 Å². The molecule has 1 aliphatic carbocycles. The normalized spacial score (nSPS) is 28.7. The van der Waals surface area contributed by atoms with E-state index in [0.717, 1.165) is 6.04 Å². The average molecular weight is 197 g/mol. The van der Waals surface area contributed by atoms with Crippen LogP contribution in [0.1, 0.15) is 66.2 Å². The van der Waals surface area contributed by atoms with Gasteiger partial charge in [0.2, 0.25) is 0 Å². The Kier molecular flexibility index (Phi) is 4.43. The van der Waals surface area contributed by atoms with E-state index in [1.807, 2.05) is 0 Å². The monoisotopic (exact) mass is 197 g/mol. The van der Waals surface area contributed by atoms with Crippen LogP contribution in [0, 0.1) is 5.41 Å². The molecule has 1 N–H and O–H groups in total. The first-order valence-electron chi connectivity index (χ1n) is 6.29. The molecule has 2 atom stereocenters.